The van der Waals surface area contributed by atoms with Crippen LogP contribution in [0.3, 0.4) is 0 Å². The van der Waals surface area contributed by atoms with Crippen LogP contribution in [0.1, 0.15) is 15.9 Å². The molecule has 0 atom stereocenters. The number of para-hydroxylation sites is 1. The fourth-order valence-electron chi connectivity index (χ4n) is 2.95. The molecule has 0 spiro atoms. The standard InChI is InChI=1S/C20H21N5O2/c26-20(17-14-23-25(15-17)18-4-2-1-3-5-18)22-13-16-6-7-19(21-12-16)24-8-10-27-11-9-24/h1-7,12,14-15H,8-11,13H2,(H,22,26). The number of carbonyl (C=O) groups is 1. The number of hydrogen-bond acceptors (Lipinski definition) is 5. The van der Waals surface area contributed by atoms with Crippen LogP contribution in [0.4, 0.5) is 5.82 Å². The van der Waals surface area contributed by atoms with Crippen molar-refractivity contribution in [2.75, 3.05) is 31.2 Å². The summed E-state index contributed by atoms with van der Waals surface area (Å²) in [5, 5.41) is 7.17. The number of nitrogens with one attached hydrogen (secondary N) is 1. The third kappa shape index (κ3) is 4.15. The van der Waals surface area contributed by atoms with Gasteiger partial charge in [-0.1, -0.05) is 24.3 Å². The van der Waals surface area contributed by atoms with Crippen molar-refractivity contribution in [3.8, 4) is 5.69 Å². The molecule has 0 unspecified atom stereocenters. The number of nitrogens with zero attached hydrogens (tertiary/aromatic N) is 4. The van der Waals surface area contributed by atoms with Crippen LogP contribution in [0.5, 0.6) is 0 Å². The average molecular weight is 363 g/mol. The van der Waals surface area contributed by atoms with Crippen LogP contribution in [-0.2, 0) is 11.3 Å². The van der Waals surface area contributed by atoms with Gasteiger partial charge in [0.2, 0.25) is 0 Å². The predicted octanol–water partition coefficient (Wildman–Crippen LogP) is 2.03. The Labute approximate surface area is 157 Å². The number of ether oxygens (including phenoxy) is 1. The molecule has 138 valence electrons. The van der Waals surface area contributed by atoms with Crippen molar-refractivity contribution >= 4 is 11.7 Å². The maximum Gasteiger partial charge on any atom is 0.254 e. The molecule has 1 aliphatic heterocycles. The number of benzene rings is 1. The summed E-state index contributed by atoms with van der Waals surface area (Å²) in [7, 11) is 0. The second-order valence-corrected chi connectivity index (χ2v) is 6.32. The van der Waals surface area contributed by atoms with Crippen LogP contribution in [0.15, 0.2) is 61.1 Å². The first kappa shape index (κ1) is 17.2. The van der Waals surface area contributed by atoms with Crippen LogP contribution in [0.25, 0.3) is 5.69 Å². The topological polar surface area (TPSA) is 72.3 Å². The molecular weight excluding hydrogens is 342 g/mol. The number of anilines is 1. The van der Waals surface area contributed by atoms with Gasteiger partial charge in [0.1, 0.15) is 5.82 Å². The van der Waals surface area contributed by atoms with Crippen molar-refractivity contribution in [1.29, 1.82) is 0 Å². The molecule has 27 heavy (non-hydrogen) atoms. The van der Waals surface area contributed by atoms with Crippen molar-refractivity contribution < 1.29 is 9.53 Å². The molecule has 1 amide bonds. The molecule has 7 nitrogen and oxygen atoms in total. The van der Waals surface area contributed by atoms with E-state index in [4.69, 9.17) is 4.74 Å². The van der Waals surface area contributed by atoms with Crippen LogP contribution in [-0.4, -0.2) is 47.0 Å². The van der Waals surface area contributed by atoms with E-state index in [0.29, 0.717) is 12.1 Å². The maximum absolute atomic E-state index is 12.4. The Kier molecular flexibility index (Phi) is 5.11. The van der Waals surface area contributed by atoms with E-state index in [0.717, 1.165) is 43.4 Å². The normalized spacial score (nSPS) is 14.1. The number of hydrogen-bond donors (Lipinski definition) is 1. The van der Waals surface area contributed by atoms with E-state index >= 15 is 0 Å². The minimum atomic E-state index is -0.158. The minimum absolute atomic E-state index is 0.158. The lowest BCUT2D eigenvalue weighted by Gasteiger charge is -2.27. The largest absolute Gasteiger partial charge is 0.378 e. The van der Waals surface area contributed by atoms with Crippen molar-refractivity contribution in [2.45, 2.75) is 6.54 Å². The van der Waals surface area contributed by atoms with Gasteiger partial charge < -0.3 is 15.0 Å². The van der Waals surface area contributed by atoms with Gasteiger partial charge >= 0.3 is 0 Å². The monoisotopic (exact) mass is 363 g/mol. The maximum atomic E-state index is 12.4. The molecular formula is C20H21N5O2. The van der Waals surface area contributed by atoms with Crippen LogP contribution < -0.4 is 10.2 Å². The van der Waals surface area contributed by atoms with Crippen LogP contribution >= 0.6 is 0 Å². The molecule has 4 rings (SSSR count). The molecule has 0 radical (unpaired) electrons. The lowest BCUT2D eigenvalue weighted by molar-refractivity contribution is 0.0951. The van der Waals surface area contributed by atoms with Crippen molar-refractivity contribution in [3.05, 3.63) is 72.2 Å². The number of aromatic nitrogens is 3. The van der Waals surface area contributed by atoms with Crippen molar-refractivity contribution in [1.82, 2.24) is 20.1 Å². The molecule has 0 bridgehead atoms. The summed E-state index contributed by atoms with van der Waals surface area (Å²) in [6, 6.07) is 13.7. The SMILES string of the molecule is O=C(NCc1ccc(N2CCOCC2)nc1)c1cnn(-c2ccccc2)c1. The van der Waals surface area contributed by atoms with E-state index in [1.807, 2.05) is 42.5 Å². The van der Waals surface area contributed by atoms with Crippen LogP contribution in [0, 0.1) is 0 Å². The van der Waals surface area contributed by atoms with Gasteiger partial charge in [-0.15, -0.1) is 0 Å². The zero-order chi connectivity index (χ0) is 18.5. The molecule has 2 aromatic heterocycles. The lowest BCUT2D eigenvalue weighted by Crippen LogP contribution is -2.36. The molecule has 1 aromatic carbocycles. The fourth-order valence-corrected chi connectivity index (χ4v) is 2.95. The Morgan fingerprint density at radius 1 is 1.07 bits per heavy atom. The summed E-state index contributed by atoms with van der Waals surface area (Å²) in [5.41, 5.74) is 2.40. The Balaban J connectivity index is 1.34. The zero-order valence-electron chi connectivity index (χ0n) is 14.9. The Hall–Kier alpha value is -3.19. The Morgan fingerprint density at radius 3 is 2.63 bits per heavy atom. The summed E-state index contributed by atoms with van der Waals surface area (Å²) in [6.07, 6.45) is 5.10. The van der Waals surface area contributed by atoms with Gasteiger partial charge in [-0.3, -0.25) is 4.79 Å². The Morgan fingerprint density at radius 2 is 1.89 bits per heavy atom. The third-order valence-electron chi connectivity index (χ3n) is 4.46. The fraction of sp³-hybridized carbons (Fsp3) is 0.250. The Bertz CT molecular complexity index is 886. The highest BCUT2D eigenvalue weighted by Crippen LogP contribution is 2.13. The van der Waals surface area contributed by atoms with Gasteiger partial charge in [-0.25, -0.2) is 9.67 Å². The molecule has 0 saturated carbocycles. The van der Waals surface area contributed by atoms with E-state index in [1.54, 1.807) is 23.3 Å². The quantitative estimate of drug-likeness (QED) is 0.751. The lowest BCUT2D eigenvalue weighted by atomic mass is 10.2. The smallest absolute Gasteiger partial charge is 0.254 e. The zero-order valence-corrected chi connectivity index (χ0v) is 14.9. The first-order valence-electron chi connectivity index (χ1n) is 8.95. The highest BCUT2D eigenvalue weighted by Gasteiger charge is 2.13. The second-order valence-electron chi connectivity index (χ2n) is 6.32. The summed E-state index contributed by atoms with van der Waals surface area (Å²) in [5.74, 6) is 0.784. The summed E-state index contributed by atoms with van der Waals surface area (Å²) in [4.78, 5) is 19.1. The highest BCUT2D eigenvalue weighted by atomic mass is 16.5. The third-order valence-corrected chi connectivity index (χ3v) is 4.46. The van der Waals surface area contributed by atoms with Crippen molar-refractivity contribution in [2.24, 2.45) is 0 Å². The molecule has 1 N–H and O–H groups in total. The van der Waals surface area contributed by atoms with E-state index in [-0.39, 0.29) is 5.91 Å². The first-order valence-corrected chi connectivity index (χ1v) is 8.95. The van der Waals surface area contributed by atoms with Crippen LogP contribution in [0.2, 0.25) is 0 Å². The summed E-state index contributed by atoms with van der Waals surface area (Å²) >= 11 is 0. The van der Waals surface area contributed by atoms with Gasteiger partial charge in [0.05, 0.1) is 30.7 Å². The van der Waals surface area contributed by atoms with Crippen molar-refractivity contribution in [3.63, 3.8) is 0 Å². The highest BCUT2D eigenvalue weighted by molar-refractivity contribution is 5.93. The van der Waals surface area contributed by atoms with E-state index < -0.39 is 0 Å². The summed E-state index contributed by atoms with van der Waals surface area (Å²) in [6.45, 7) is 3.60. The van der Waals surface area contributed by atoms with Gasteiger partial charge in [0.25, 0.3) is 5.91 Å². The van der Waals surface area contributed by atoms with Gasteiger partial charge in [0, 0.05) is 32.0 Å². The minimum Gasteiger partial charge on any atom is -0.378 e. The van der Waals surface area contributed by atoms with E-state index in [9.17, 15) is 4.79 Å². The molecule has 3 aromatic rings. The molecule has 7 heteroatoms. The number of pyridine rings is 1. The van der Waals surface area contributed by atoms with Gasteiger partial charge in [0.15, 0.2) is 0 Å². The van der Waals surface area contributed by atoms with Gasteiger partial charge in [-0.05, 0) is 23.8 Å². The second kappa shape index (κ2) is 8.01. The number of morpholine rings is 1. The molecule has 1 saturated heterocycles. The number of carbonyl (C=O) groups excluding carboxylic acids is 1. The number of amides is 1. The van der Waals surface area contributed by atoms with Gasteiger partial charge in [-0.2, -0.15) is 5.10 Å². The molecule has 1 fully saturated rings. The van der Waals surface area contributed by atoms with E-state index in [1.165, 1.54) is 0 Å². The predicted molar refractivity (Wildman–Crippen MR) is 102 cm³/mol. The van der Waals surface area contributed by atoms with E-state index in [2.05, 4.69) is 20.3 Å². The summed E-state index contributed by atoms with van der Waals surface area (Å²) < 4.78 is 7.05. The first-order chi connectivity index (χ1) is 13.3. The average Bonchev–Trinajstić information content (AvgIpc) is 3.24. The molecule has 3 heterocycles. The number of rotatable bonds is 5. The molecule has 0 aliphatic carbocycles. The molecule has 1 aliphatic rings.